The lowest BCUT2D eigenvalue weighted by Crippen LogP contribution is -2.34. The van der Waals surface area contributed by atoms with E-state index in [1.165, 1.54) is 12.1 Å². The summed E-state index contributed by atoms with van der Waals surface area (Å²) in [7, 11) is 0. The maximum atomic E-state index is 11.8. The average Bonchev–Trinajstić information content (AvgIpc) is 2.28. The minimum atomic E-state index is -1.04. The van der Waals surface area contributed by atoms with Crippen molar-refractivity contribution >= 4 is 23.6 Å². The Morgan fingerprint density at radius 3 is 2.67 bits per heavy atom. The van der Waals surface area contributed by atoms with Crippen molar-refractivity contribution in [2.24, 2.45) is 0 Å². The lowest BCUT2D eigenvalue weighted by Gasteiger charge is -2.12. The maximum absolute atomic E-state index is 11.8. The van der Waals surface area contributed by atoms with Crippen molar-refractivity contribution in [1.29, 1.82) is 0 Å². The fraction of sp³-hybridized carbons (Fsp3) is 0.417. The highest BCUT2D eigenvalue weighted by molar-refractivity contribution is 7.98. The van der Waals surface area contributed by atoms with E-state index in [4.69, 9.17) is 5.11 Å². The summed E-state index contributed by atoms with van der Waals surface area (Å²) >= 11 is 1.64. The molecule has 0 aliphatic rings. The number of amides is 1. The topological polar surface area (TPSA) is 79.3 Å². The monoisotopic (exact) mass is 268 g/mol. The number of rotatable bonds is 5. The molecule has 0 saturated heterocycles. The van der Waals surface area contributed by atoms with Gasteiger partial charge < -0.3 is 10.4 Å². The van der Waals surface area contributed by atoms with E-state index in [1.54, 1.807) is 18.7 Å². The van der Waals surface area contributed by atoms with Gasteiger partial charge in [0.1, 0.15) is 5.69 Å². The molecule has 0 aliphatic carbocycles. The first-order valence-corrected chi connectivity index (χ1v) is 6.85. The SMILES string of the molecule is CSCC(C)NC(=O)c1ccc(C(=O)O)c(C)n1. The van der Waals surface area contributed by atoms with Gasteiger partial charge in [0.2, 0.25) is 0 Å². The summed E-state index contributed by atoms with van der Waals surface area (Å²) in [5.41, 5.74) is 0.696. The molecular formula is C12H16N2O3S. The molecule has 1 heterocycles. The molecule has 1 rings (SSSR count). The first-order valence-electron chi connectivity index (χ1n) is 5.46. The third kappa shape index (κ3) is 3.73. The predicted molar refractivity (Wildman–Crippen MR) is 71.2 cm³/mol. The van der Waals surface area contributed by atoms with Gasteiger partial charge in [0.25, 0.3) is 5.91 Å². The molecule has 0 aliphatic heterocycles. The number of aromatic carboxylic acids is 1. The molecule has 0 radical (unpaired) electrons. The molecule has 1 unspecified atom stereocenters. The number of pyridine rings is 1. The van der Waals surface area contributed by atoms with Gasteiger partial charge in [-0.15, -0.1) is 0 Å². The zero-order chi connectivity index (χ0) is 13.7. The zero-order valence-corrected chi connectivity index (χ0v) is 11.4. The van der Waals surface area contributed by atoms with Crippen LogP contribution in [0.15, 0.2) is 12.1 Å². The second kappa shape index (κ2) is 6.39. The fourth-order valence-electron chi connectivity index (χ4n) is 1.50. The van der Waals surface area contributed by atoms with E-state index in [0.717, 1.165) is 5.75 Å². The summed E-state index contributed by atoms with van der Waals surface area (Å²) in [5.74, 6) is -0.503. The molecule has 0 saturated carbocycles. The van der Waals surface area contributed by atoms with Gasteiger partial charge in [-0.1, -0.05) is 0 Å². The van der Waals surface area contributed by atoms with Crippen molar-refractivity contribution in [3.63, 3.8) is 0 Å². The molecule has 6 heteroatoms. The summed E-state index contributed by atoms with van der Waals surface area (Å²) < 4.78 is 0. The van der Waals surface area contributed by atoms with E-state index >= 15 is 0 Å². The summed E-state index contributed by atoms with van der Waals surface area (Å²) in [6.07, 6.45) is 1.96. The van der Waals surface area contributed by atoms with Gasteiger partial charge >= 0.3 is 5.97 Å². The third-order valence-electron chi connectivity index (χ3n) is 2.34. The Kier molecular flexibility index (Phi) is 5.15. The summed E-state index contributed by atoms with van der Waals surface area (Å²) in [6.45, 7) is 3.48. The smallest absolute Gasteiger partial charge is 0.337 e. The van der Waals surface area contributed by atoms with Crippen LogP contribution < -0.4 is 5.32 Å². The number of thioether (sulfide) groups is 1. The van der Waals surface area contributed by atoms with Gasteiger partial charge in [0, 0.05) is 11.8 Å². The van der Waals surface area contributed by atoms with Crippen LogP contribution >= 0.6 is 11.8 Å². The first kappa shape index (κ1) is 14.5. The Morgan fingerprint density at radius 2 is 2.17 bits per heavy atom. The van der Waals surface area contributed by atoms with Gasteiger partial charge in [-0.05, 0) is 32.2 Å². The second-order valence-corrected chi connectivity index (χ2v) is 4.88. The minimum absolute atomic E-state index is 0.0498. The Balaban J connectivity index is 2.81. The zero-order valence-electron chi connectivity index (χ0n) is 10.6. The van der Waals surface area contributed by atoms with Crippen LogP contribution in [0.3, 0.4) is 0 Å². The van der Waals surface area contributed by atoms with Gasteiger partial charge in [-0.25, -0.2) is 9.78 Å². The van der Waals surface area contributed by atoms with Crippen molar-refractivity contribution in [3.05, 3.63) is 29.1 Å². The van der Waals surface area contributed by atoms with Crippen LogP contribution in [0.5, 0.6) is 0 Å². The van der Waals surface area contributed by atoms with Crippen LogP contribution in [-0.4, -0.2) is 40.0 Å². The largest absolute Gasteiger partial charge is 0.478 e. The van der Waals surface area contributed by atoms with Crippen LogP contribution in [0.4, 0.5) is 0 Å². The summed E-state index contributed by atoms with van der Waals surface area (Å²) in [5, 5.41) is 11.7. The molecule has 0 spiro atoms. The predicted octanol–water partition coefficient (Wildman–Crippen LogP) is 1.57. The standard InChI is InChI=1S/C12H16N2O3S/c1-7(6-18-3)13-11(15)10-5-4-9(12(16)17)8(2)14-10/h4-5,7H,6H2,1-3H3,(H,13,15)(H,16,17). The molecule has 2 N–H and O–H groups in total. The molecule has 18 heavy (non-hydrogen) atoms. The highest BCUT2D eigenvalue weighted by Gasteiger charge is 2.14. The van der Waals surface area contributed by atoms with Gasteiger partial charge in [-0.2, -0.15) is 11.8 Å². The normalized spacial score (nSPS) is 11.9. The number of carboxylic acid groups (broad SMARTS) is 1. The van der Waals surface area contributed by atoms with Crippen molar-refractivity contribution in [1.82, 2.24) is 10.3 Å². The highest BCUT2D eigenvalue weighted by Crippen LogP contribution is 2.07. The first-order chi connectivity index (χ1) is 8.45. The van der Waals surface area contributed by atoms with E-state index in [0.29, 0.717) is 5.69 Å². The van der Waals surface area contributed by atoms with Crippen molar-refractivity contribution in [3.8, 4) is 0 Å². The number of carbonyl (C=O) groups is 2. The fourth-order valence-corrected chi connectivity index (χ4v) is 2.09. The van der Waals surface area contributed by atoms with E-state index < -0.39 is 5.97 Å². The molecule has 1 amide bonds. The van der Waals surface area contributed by atoms with Crippen molar-refractivity contribution in [2.75, 3.05) is 12.0 Å². The van der Waals surface area contributed by atoms with Crippen LogP contribution in [0.25, 0.3) is 0 Å². The molecule has 0 aromatic carbocycles. The van der Waals surface area contributed by atoms with E-state index in [1.807, 2.05) is 13.2 Å². The Bertz CT molecular complexity index is 463. The number of nitrogens with zero attached hydrogens (tertiary/aromatic N) is 1. The van der Waals surface area contributed by atoms with E-state index in [9.17, 15) is 9.59 Å². The number of hydrogen-bond donors (Lipinski definition) is 2. The molecule has 1 atom stereocenters. The van der Waals surface area contributed by atoms with Gasteiger partial charge in [-0.3, -0.25) is 4.79 Å². The molecule has 1 aromatic rings. The molecular weight excluding hydrogens is 252 g/mol. The molecule has 0 bridgehead atoms. The molecule has 98 valence electrons. The van der Waals surface area contributed by atoms with Crippen molar-refractivity contribution in [2.45, 2.75) is 19.9 Å². The van der Waals surface area contributed by atoms with Crippen LogP contribution in [0.2, 0.25) is 0 Å². The maximum Gasteiger partial charge on any atom is 0.337 e. The Morgan fingerprint density at radius 1 is 1.50 bits per heavy atom. The number of carbonyl (C=O) groups excluding carboxylic acids is 1. The minimum Gasteiger partial charge on any atom is -0.478 e. The lowest BCUT2D eigenvalue weighted by molar-refractivity contribution is 0.0694. The quantitative estimate of drug-likeness (QED) is 0.847. The van der Waals surface area contributed by atoms with E-state index in [-0.39, 0.29) is 23.2 Å². The number of hydrogen-bond acceptors (Lipinski definition) is 4. The molecule has 1 aromatic heterocycles. The molecule has 5 nitrogen and oxygen atoms in total. The number of aryl methyl sites for hydroxylation is 1. The molecule has 0 fully saturated rings. The van der Waals surface area contributed by atoms with E-state index in [2.05, 4.69) is 10.3 Å². The van der Waals surface area contributed by atoms with Gasteiger partial charge in [0.05, 0.1) is 11.3 Å². The number of aromatic nitrogens is 1. The number of carboxylic acids is 1. The third-order valence-corrected chi connectivity index (χ3v) is 3.18. The average molecular weight is 268 g/mol. The Hall–Kier alpha value is -1.56. The number of nitrogens with one attached hydrogen (secondary N) is 1. The Labute approximate surface area is 110 Å². The highest BCUT2D eigenvalue weighted by atomic mass is 32.2. The summed E-state index contributed by atoms with van der Waals surface area (Å²) in [4.78, 5) is 26.7. The van der Waals surface area contributed by atoms with Gasteiger partial charge in [0.15, 0.2) is 0 Å². The van der Waals surface area contributed by atoms with Crippen LogP contribution in [-0.2, 0) is 0 Å². The lowest BCUT2D eigenvalue weighted by atomic mass is 10.2. The van der Waals surface area contributed by atoms with Crippen LogP contribution in [0.1, 0.15) is 33.5 Å². The van der Waals surface area contributed by atoms with Crippen LogP contribution in [0, 0.1) is 6.92 Å². The van der Waals surface area contributed by atoms with Crippen molar-refractivity contribution < 1.29 is 14.7 Å². The second-order valence-electron chi connectivity index (χ2n) is 3.96. The summed E-state index contributed by atoms with van der Waals surface area (Å²) in [6, 6.07) is 2.88.